The molecule has 2 saturated heterocycles. The first kappa shape index (κ1) is 14.8. The van der Waals surface area contributed by atoms with Crippen LogP contribution in [-0.2, 0) is 4.79 Å². The van der Waals surface area contributed by atoms with Crippen LogP contribution >= 0.6 is 0 Å². The van der Waals surface area contributed by atoms with Gasteiger partial charge in [0.15, 0.2) is 0 Å². The Labute approximate surface area is 117 Å². The zero-order valence-corrected chi connectivity index (χ0v) is 12.5. The normalized spacial score (nSPS) is 31.1. The van der Waals surface area contributed by atoms with Gasteiger partial charge in [-0.2, -0.15) is 0 Å². The molecule has 2 aliphatic rings. The largest absolute Gasteiger partial charge is 0.344 e. The van der Waals surface area contributed by atoms with E-state index in [4.69, 9.17) is 0 Å². The number of hydrogen-bond acceptors (Lipinski definition) is 3. The van der Waals surface area contributed by atoms with E-state index in [1.54, 1.807) is 0 Å². The molecule has 0 bridgehead atoms. The highest BCUT2D eigenvalue weighted by Gasteiger charge is 2.24. The zero-order chi connectivity index (χ0) is 13.7. The molecule has 2 N–H and O–H groups in total. The van der Waals surface area contributed by atoms with Crippen molar-refractivity contribution in [2.45, 2.75) is 70.0 Å². The third kappa shape index (κ3) is 4.77. The fourth-order valence-electron chi connectivity index (χ4n) is 3.35. The van der Waals surface area contributed by atoms with Crippen molar-refractivity contribution in [3.63, 3.8) is 0 Å². The molecule has 1 amide bonds. The maximum absolute atomic E-state index is 11.5. The summed E-state index contributed by atoms with van der Waals surface area (Å²) in [6.07, 6.45) is 8.27. The van der Waals surface area contributed by atoms with Gasteiger partial charge in [-0.3, -0.25) is 4.79 Å². The third-order valence-corrected chi connectivity index (χ3v) is 4.45. The van der Waals surface area contributed by atoms with E-state index in [0.717, 1.165) is 13.0 Å². The Kier molecular flexibility index (Phi) is 5.64. The smallest absolute Gasteiger partial charge is 0.222 e. The summed E-state index contributed by atoms with van der Waals surface area (Å²) in [5.41, 5.74) is 0. The molecule has 0 saturated carbocycles. The Morgan fingerprint density at radius 2 is 2.21 bits per heavy atom. The van der Waals surface area contributed by atoms with E-state index in [1.165, 1.54) is 38.6 Å². The molecule has 0 aliphatic carbocycles. The lowest BCUT2D eigenvalue weighted by Gasteiger charge is -2.33. The van der Waals surface area contributed by atoms with Crippen molar-refractivity contribution in [3.05, 3.63) is 0 Å². The molecule has 2 heterocycles. The molecule has 110 valence electrons. The van der Waals surface area contributed by atoms with Gasteiger partial charge in [0.05, 0.1) is 0 Å². The molecule has 2 rings (SSSR count). The number of carbonyl (C=O) groups excluding carboxylic acids is 1. The van der Waals surface area contributed by atoms with Crippen LogP contribution in [0, 0.1) is 0 Å². The third-order valence-electron chi connectivity index (χ3n) is 4.45. The first-order valence-electron chi connectivity index (χ1n) is 7.88. The predicted molar refractivity (Wildman–Crippen MR) is 78.1 cm³/mol. The number of piperidine rings is 1. The van der Waals surface area contributed by atoms with Gasteiger partial charge in [0, 0.05) is 38.1 Å². The van der Waals surface area contributed by atoms with Crippen LogP contribution < -0.4 is 10.6 Å². The first-order chi connectivity index (χ1) is 9.15. The Bertz CT molecular complexity index is 287. The summed E-state index contributed by atoms with van der Waals surface area (Å²) < 4.78 is 0. The lowest BCUT2D eigenvalue weighted by atomic mass is 10.0. The number of rotatable bonds is 4. The number of nitrogens with one attached hydrogen (secondary N) is 2. The fraction of sp³-hybridized carbons (Fsp3) is 0.933. The van der Waals surface area contributed by atoms with Crippen molar-refractivity contribution < 1.29 is 4.79 Å². The van der Waals surface area contributed by atoms with Gasteiger partial charge in [0.2, 0.25) is 5.91 Å². The van der Waals surface area contributed by atoms with Gasteiger partial charge in [0.1, 0.15) is 0 Å². The lowest BCUT2D eigenvalue weighted by Crippen LogP contribution is -2.50. The standard InChI is InChI=1S/C15H29N3O/c1-12(10-13-6-4-3-5-9-16-13)17-14-7-8-15(19)18(2)11-14/h12-14,16-17H,3-11H2,1-2H3. The molecule has 0 radical (unpaired) electrons. The average Bonchev–Trinajstić information content (AvgIpc) is 2.62. The second kappa shape index (κ2) is 7.25. The minimum Gasteiger partial charge on any atom is -0.344 e. The summed E-state index contributed by atoms with van der Waals surface area (Å²) in [6, 6.07) is 1.68. The highest BCUT2D eigenvalue weighted by Crippen LogP contribution is 2.15. The summed E-state index contributed by atoms with van der Waals surface area (Å²) in [5, 5.41) is 7.36. The number of carbonyl (C=O) groups is 1. The van der Waals surface area contributed by atoms with Crippen LogP contribution in [0.15, 0.2) is 0 Å². The van der Waals surface area contributed by atoms with Crippen LogP contribution in [0.3, 0.4) is 0 Å². The Morgan fingerprint density at radius 1 is 1.37 bits per heavy atom. The highest BCUT2D eigenvalue weighted by molar-refractivity contribution is 5.76. The molecule has 4 nitrogen and oxygen atoms in total. The number of nitrogens with zero attached hydrogens (tertiary/aromatic N) is 1. The van der Waals surface area contributed by atoms with Gasteiger partial charge in [0.25, 0.3) is 0 Å². The summed E-state index contributed by atoms with van der Waals surface area (Å²) in [4.78, 5) is 13.3. The van der Waals surface area contributed by atoms with Crippen LogP contribution in [0.2, 0.25) is 0 Å². The second-order valence-electron chi connectivity index (χ2n) is 6.31. The topological polar surface area (TPSA) is 44.4 Å². The number of likely N-dealkylation sites (tertiary alicyclic amines) is 1. The van der Waals surface area contributed by atoms with Crippen LogP contribution in [0.25, 0.3) is 0 Å². The Morgan fingerprint density at radius 3 is 3.00 bits per heavy atom. The molecular formula is C15H29N3O. The van der Waals surface area contributed by atoms with E-state index >= 15 is 0 Å². The van der Waals surface area contributed by atoms with Crippen molar-refractivity contribution in [1.82, 2.24) is 15.5 Å². The molecule has 3 atom stereocenters. The van der Waals surface area contributed by atoms with E-state index in [0.29, 0.717) is 24.5 Å². The Hall–Kier alpha value is -0.610. The monoisotopic (exact) mass is 267 g/mol. The van der Waals surface area contributed by atoms with Crippen LogP contribution in [0.4, 0.5) is 0 Å². The molecule has 0 aromatic carbocycles. The van der Waals surface area contributed by atoms with Crippen LogP contribution in [0.5, 0.6) is 0 Å². The number of hydrogen-bond donors (Lipinski definition) is 2. The summed E-state index contributed by atoms with van der Waals surface area (Å²) >= 11 is 0. The SMILES string of the molecule is CC(CC1CCCCCN1)NC1CCC(=O)N(C)C1. The molecule has 0 aromatic heterocycles. The quantitative estimate of drug-likeness (QED) is 0.811. The highest BCUT2D eigenvalue weighted by atomic mass is 16.2. The fourth-order valence-corrected chi connectivity index (χ4v) is 3.35. The van der Waals surface area contributed by atoms with E-state index < -0.39 is 0 Å². The first-order valence-corrected chi connectivity index (χ1v) is 7.88. The van der Waals surface area contributed by atoms with Crippen LogP contribution in [-0.4, -0.2) is 49.1 Å². The molecule has 2 fully saturated rings. The molecule has 0 spiro atoms. The molecule has 3 unspecified atom stereocenters. The number of likely N-dealkylation sites (N-methyl/N-ethyl adjacent to an activating group) is 1. The van der Waals surface area contributed by atoms with Gasteiger partial charge in [-0.15, -0.1) is 0 Å². The van der Waals surface area contributed by atoms with E-state index in [9.17, 15) is 4.79 Å². The van der Waals surface area contributed by atoms with E-state index in [-0.39, 0.29) is 5.91 Å². The average molecular weight is 267 g/mol. The van der Waals surface area contributed by atoms with Crippen molar-refractivity contribution >= 4 is 5.91 Å². The van der Waals surface area contributed by atoms with Gasteiger partial charge in [-0.25, -0.2) is 0 Å². The maximum Gasteiger partial charge on any atom is 0.222 e. The van der Waals surface area contributed by atoms with Crippen molar-refractivity contribution in [3.8, 4) is 0 Å². The molecule has 0 aromatic rings. The number of amides is 1. The second-order valence-corrected chi connectivity index (χ2v) is 6.31. The van der Waals surface area contributed by atoms with E-state index in [2.05, 4.69) is 17.6 Å². The minimum atomic E-state index is 0.288. The summed E-state index contributed by atoms with van der Waals surface area (Å²) in [7, 11) is 1.91. The molecule has 19 heavy (non-hydrogen) atoms. The summed E-state index contributed by atoms with van der Waals surface area (Å²) in [5.74, 6) is 0.288. The zero-order valence-electron chi connectivity index (χ0n) is 12.5. The lowest BCUT2D eigenvalue weighted by molar-refractivity contribution is -0.132. The minimum absolute atomic E-state index is 0.288. The van der Waals surface area contributed by atoms with Gasteiger partial charge >= 0.3 is 0 Å². The van der Waals surface area contributed by atoms with E-state index in [1.807, 2.05) is 11.9 Å². The Balaban J connectivity index is 1.71. The van der Waals surface area contributed by atoms with Crippen molar-refractivity contribution in [2.75, 3.05) is 20.1 Å². The summed E-state index contributed by atoms with van der Waals surface area (Å²) in [6.45, 7) is 4.32. The molecule has 4 heteroatoms. The molecular weight excluding hydrogens is 238 g/mol. The maximum atomic E-state index is 11.5. The van der Waals surface area contributed by atoms with Crippen molar-refractivity contribution in [1.29, 1.82) is 0 Å². The van der Waals surface area contributed by atoms with Gasteiger partial charge in [-0.1, -0.05) is 12.8 Å². The van der Waals surface area contributed by atoms with Gasteiger partial charge < -0.3 is 15.5 Å². The van der Waals surface area contributed by atoms with Gasteiger partial charge in [-0.05, 0) is 39.2 Å². The molecule has 2 aliphatic heterocycles. The van der Waals surface area contributed by atoms with Crippen molar-refractivity contribution in [2.24, 2.45) is 0 Å². The predicted octanol–water partition coefficient (Wildman–Crippen LogP) is 1.51. The van der Waals surface area contributed by atoms with Crippen LogP contribution in [0.1, 0.15) is 51.9 Å².